The van der Waals surface area contributed by atoms with Crippen molar-refractivity contribution in [2.45, 2.75) is 77.2 Å². The smallest absolute Gasteiger partial charge is 0.315 e. The van der Waals surface area contributed by atoms with Gasteiger partial charge in [-0.2, -0.15) is 0 Å². The van der Waals surface area contributed by atoms with Gasteiger partial charge in [-0.3, -0.25) is 4.79 Å². The number of carbonyl (C=O) groups is 1. The fraction of sp³-hybridized carbons (Fsp3) is 0.542. The first kappa shape index (κ1) is 24.4. The molecule has 8 heteroatoms. The molecule has 1 saturated heterocycles. The first-order valence-corrected chi connectivity index (χ1v) is 10.8. The monoisotopic (exact) mass is 448 g/mol. The highest BCUT2D eigenvalue weighted by molar-refractivity contribution is 5.82. The quantitative estimate of drug-likeness (QED) is 0.268. The van der Waals surface area contributed by atoms with Gasteiger partial charge in [0.25, 0.3) is 0 Å². The summed E-state index contributed by atoms with van der Waals surface area (Å²) >= 11 is 0. The Morgan fingerprint density at radius 1 is 1.12 bits per heavy atom. The molecule has 2 heterocycles. The van der Waals surface area contributed by atoms with Gasteiger partial charge in [-0.25, -0.2) is 0 Å². The lowest BCUT2D eigenvalue weighted by atomic mass is 9.98. The summed E-state index contributed by atoms with van der Waals surface area (Å²) in [4.78, 5) is 11.9. The SMILES string of the molecule is CC(C)=CCC/C(C)=C/Cc1c(O[C@H]2O[C@H](CO)[C@@H](O)[C@H](O)[C@H]2O)ccc2c1CC(=O)O2. The highest BCUT2D eigenvalue weighted by atomic mass is 16.7. The van der Waals surface area contributed by atoms with E-state index in [1.165, 1.54) is 11.1 Å². The Bertz CT molecular complexity index is 884. The molecule has 0 spiro atoms. The Morgan fingerprint density at radius 2 is 1.88 bits per heavy atom. The molecule has 4 N–H and O–H groups in total. The van der Waals surface area contributed by atoms with Gasteiger partial charge in [0, 0.05) is 11.1 Å². The Balaban J connectivity index is 1.84. The van der Waals surface area contributed by atoms with Gasteiger partial charge in [0.15, 0.2) is 0 Å². The van der Waals surface area contributed by atoms with Gasteiger partial charge < -0.3 is 34.6 Å². The van der Waals surface area contributed by atoms with E-state index >= 15 is 0 Å². The predicted molar refractivity (Wildman–Crippen MR) is 116 cm³/mol. The first-order valence-electron chi connectivity index (χ1n) is 10.8. The summed E-state index contributed by atoms with van der Waals surface area (Å²) < 4.78 is 16.6. The zero-order chi connectivity index (χ0) is 23.4. The summed E-state index contributed by atoms with van der Waals surface area (Å²) in [6.07, 6.45) is -0.220. The van der Waals surface area contributed by atoms with Crippen LogP contribution in [-0.4, -0.2) is 63.7 Å². The van der Waals surface area contributed by atoms with E-state index in [9.17, 15) is 25.2 Å². The number of ether oxygens (including phenoxy) is 3. The third-order valence-electron chi connectivity index (χ3n) is 5.73. The summed E-state index contributed by atoms with van der Waals surface area (Å²) in [6.45, 7) is 5.62. The minimum atomic E-state index is -1.54. The van der Waals surface area contributed by atoms with Crippen molar-refractivity contribution in [2.24, 2.45) is 0 Å². The third kappa shape index (κ3) is 5.57. The summed E-state index contributed by atoms with van der Waals surface area (Å²) in [5.41, 5.74) is 3.89. The van der Waals surface area contributed by atoms with Crippen molar-refractivity contribution in [3.05, 3.63) is 46.6 Å². The van der Waals surface area contributed by atoms with Gasteiger partial charge in [-0.1, -0.05) is 23.3 Å². The molecule has 32 heavy (non-hydrogen) atoms. The molecular formula is C24H32O8. The second kappa shape index (κ2) is 10.6. The Kier molecular flexibility index (Phi) is 8.08. The van der Waals surface area contributed by atoms with E-state index in [1.54, 1.807) is 12.1 Å². The molecular weight excluding hydrogens is 416 g/mol. The molecule has 0 saturated carbocycles. The Hall–Kier alpha value is -2.23. The van der Waals surface area contributed by atoms with Crippen LogP contribution in [0.1, 0.15) is 44.7 Å². The summed E-state index contributed by atoms with van der Waals surface area (Å²) in [6, 6.07) is 3.25. The van der Waals surface area contributed by atoms with Gasteiger partial charge in [-0.15, -0.1) is 0 Å². The number of esters is 1. The van der Waals surface area contributed by atoms with Crippen molar-refractivity contribution in [2.75, 3.05) is 6.61 Å². The summed E-state index contributed by atoms with van der Waals surface area (Å²) in [7, 11) is 0. The molecule has 1 aromatic carbocycles. The van der Waals surface area contributed by atoms with Crippen LogP contribution in [0.3, 0.4) is 0 Å². The summed E-state index contributed by atoms with van der Waals surface area (Å²) in [5.74, 6) is 0.497. The molecule has 1 aromatic rings. The van der Waals surface area contributed by atoms with Crippen LogP contribution in [0, 0.1) is 0 Å². The minimum Gasteiger partial charge on any atom is -0.462 e. The lowest BCUT2D eigenvalue weighted by Gasteiger charge is -2.39. The van der Waals surface area contributed by atoms with Crippen LogP contribution in [0.5, 0.6) is 11.5 Å². The van der Waals surface area contributed by atoms with Crippen LogP contribution >= 0.6 is 0 Å². The van der Waals surface area contributed by atoms with Crippen molar-refractivity contribution < 1.29 is 39.4 Å². The van der Waals surface area contributed by atoms with Gasteiger partial charge in [0.2, 0.25) is 6.29 Å². The number of carbonyl (C=O) groups excluding carboxylic acids is 1. The number of rotatable bonds is 8. The summed E-state index contributed by atoms with van der Waals surface area (Å²) in [5, 5.41) is 39.8. The van der Waals surface area contributed by atoms with E-state index in [-0.39, 0.29) is 12.4 Å². The fourth-order valence-corrected chi connectivity index (χ4v) is 3.83. The standard InChI is InChI=1S/C24H32O8/c1-13(2)5-4-6-14(3)7-8-15-16-11-20(26)30-18(16)10-9-17(15)31-24-23(29)22(28)21(27)19(12-25)32-24/h5,7,9-10,19,21-25,27-29H,4,6,8,11-12H2,1-3H3/b14-7+/t19-,21-,22+,23-,24+/m1/s1. The number of allylic oxidation sites excluding steroid dienone is 4. The molecule has 2 aliphatic rings. The van der Waals surface area contributed by atoms with Crippen LogP contribution in [0.4, 0.5) is 0 Å². The number of hydrogen-bond donors (Lipinski definition) is 4. The molecule has 5 atom stereocenters. The molecule has 8 nitrogen and oxygen atoms in total. The van der Waals surface area contributed by atoms with Gasteiger partial charge in [0.1, 0.15) is 35.9 Å². The van der Waals surface area contributed by atoms with E-state index in [0.29, 0.717) is 23.5 Å². The van der Waals surface area contributed by atoms with Crippen molar-refractivity contribution in [3.8, 4) is 11.5 Å². The molecule has 0 unspecified atom stereocenters. The molecule has 0 radical (unpaired) electrons. The third-order valence-corrected chi connectivity index (χ3v) is 5.73. The number of benzene rings is 1. The fourth-order valence-electron chi connectivity index (χ4n) is 3.83. The Morgan fingerprint density at radius 3 is 2.56 bits per heavy atom. The molecule has 0 amide bonds. The van der Waals surface area contributed by atoms with Crippen LogP contribution in [0.2, 0.25) is 0 Å². The van der Waals surface area contributed by atoms with E-state index in [4.69, 9.17) is 14.2 Å². The van der Waals surface area contributed by atoms with E-state index in [0.717, 1.165) is 18.4 Å². The number of hydrogen-bond acceptors (Lipinski definition) is 8. The topological polar surface area (TPSA) is 126 Å². The molecule has 0 aliphatic carbocycles. The zero-order valence-electron chi connectivity index (χ0n) is 18.7. The lowest BCUT2D eigenvalue weighted by molar-refractivity contribution is -0.277. The molecule has 176 valence electrons. The van der Waals surface area contributed by atoms with E-state index in [1.807, 2.05) is 6.92 Å². The minimum absolute atomic E-state index is 0.112. The lowest BCUT2D eigenvalue weighted by Crippen LogP contribution is -2.60. The normalized spacial score (nSPS) is 27.7. The van der Waals surface area contributed by atoms with Crippen molar-refractivity contribution >= 4 is 5.97 Å². The first-order chi connectivity index (χ1) is 15.2. The van der Waals surface area contributed by atoms with E-state index < -0.39 is 37.3 Å². The van der Waals surface area contributed by atoms with Gasteiger partial charge in [0.05, 0.1) is 13.0 Å². The molecule has 0 aromatic heterocycles. The predicted octanol–water partition coefficient (Wildman–Crippen LogP) is 1.56. The maximum Gasteiger partial charge on any atom is 0.315 e. The number of fused-ring (bicyclic) bond motifs is 1. The number of aliphatic hydroxyl groups excluding tert-OH is 4. The zero-order valence-corrected chi connectivity index (χ0v) is 18.7. The molecule has 1 fully saturated rings. The maximum absolute atomic E-state index is 11.9. The van der Waals surface area contributed by atoms with Crippen molar-refractivity contribution in [1.82, 2.24) is 0 Å². The highest BCUT2D eigenvalue weighted by Gasteiger charge is 2.45. The van der Waals surface area contributed by atoms with Crippen LogP contribution in [-0.2, 0) is 22.4 Å². The average molecular weight is 449 g/mol. The molecule has 2 aliphatic heterocycles. The van der Waals surface area contributed by atoms with E-state index in [2.05, 4.69) is 26.0 Å². The largest absolute Gasteiger partial charge is 0.462 e. The molecule has 3 rings (SSSR count). The second-order valence-electron chi connectivity index (χ2n) is 8.56. The highest BCUT2D eigenvalue weighted by Crippen LogP contribution is 2.37. The van der Waals surface area contributed by atoms with Crippen molar-refractivity contribution in [3.63, 3.8) is 0 Å². The maximum atomic E-state index is 11.9. The van der Waals surface area contributed by atoms with Crippen LogP contribution in [0.25, 0.3) is 0 Å². The average Bonchev–Trinajstić information content (AvgIpc) is 3.13. The van der Waals surface area contributed by atoms with Crippen molar-refractivity contribution in [1.29, 1.82) is 0 Å². The van der Waals surface area contributed by atoms with Gasteiger partial charge >= 0.3 is 5.97 Å². The van der Waals surface area contributed by atoms with Gasteiger partial charge in [-0.05, 0) is 52.2 Å². The number of aliphatic hydroxyl groups is 4. The Labute approximate surface area is 187 Å². The molecule has 0 bridgehead atoms. The van der Waals surface area contributed by atoms with Crippen LogP contribution in [0.15, 0.2) is 35.4 Å². The second-order valence-corrected chi connectivity index (χ2v) is 8.56. The van der Waals surface area contributed by atoms with Crippen LogP contribution < -0.4 is 9.47 Å².